The zero-order valence-electron chi connectivity index (χ0n) is 20.8. The summed E-state index contributed by atoms with van der Waals surface area (Å²) in [6.45, 7) is 7.40. The highest BCUT2D eigenvalue weighted by molar-refractivity contribution is 5.74. The van der Waals surface area contributed by atoms with Gasteiger partial charge in [0.25, 0.3) is 5.89 Å². The quantitative estimate of drug-likeness (QED) is 0.311. The molecule has 1 saturated heterocycles. The number of hydrogen-bond acceptors (Lipinski definition) is 9. The number of esters is 1. The zero-order valence-corrected chi connectivity index (χ0v) is 20.8. The Bertz CT molecular complexity index is 1420. The summed E-state index contributed by atoms with van der Waals surface area (Å²) < 4.78 is 57.3. The van der Waals surface area contributed by atoms with E-state index in [4.69, 9.17) is 13.8 Å². The number of hydrogen-bond donors (Lipinski definition) is 0. The molecule has 0 unspecified atom stereocenters. The number of likely N-dealkylation sites (tertiary alicyclic amines) is 1. The Morgan fingerprint density at radius 3 is 2.42 bits per heavy atom. The Morgan fingerprint density at radius 2 is 1.79 bits per heavy atom. The largest absolute Gasteiger partial charge is 0.460 e. The van der Waals surface area contributed by atoms with Crippen LogP contribution in [0.15, 0.2) is 57.7 Å². The molecule has 0 radical (unpaired) electrons. The fraction of sp³-hybridized carbons (Fsp3) is 0.346. The lowest BCUT2D eigenvalue weighted by molar-refractivity contribution is -0.166. The van der Waals surface area contributed by atoms with Gasteiger partial charge in [-0.1, -0.05) is 40.6 Å². The molecule has 0 bridgehead atoms. The van der Waals surface area contributed by atoms with E-state index in [-0.39, 0.29) is 23.4 Å². The Morgan fingerprint density at radius 1 is 1.05 bits per heavy atom. The van der Waals surface area contributed by atoms with Crippen LogP contribution in [-0.4, -0.2) is 49.8 Å². The Balaban J connectivity index is 1.28. The Kier molecular flexibility index (Phi) is 6.51. The molecule has 0 saturated carbocycles. The second kappa shape index (κ2) is 9.67. The second-order valence-corrected chi connectivity index (χ2v) is 9.99. The van der Waals surface area contributed by atoms with Crippen molar-refractivity contribution in [2.75, 3.05) is 13.1 Å². The van der Waals surface area contributed by atoms with E-state index in [0.717, 1.165) is 5.56 Å². The third-order valence-corrected chi connectivity index (χ3v) is 5.82. The first-order valence-corrected chi connectivity index (χ1v) is 11.8. The van der Waals surface area contributed by atoms with Gasteiger partial charge in [0.1, 0.15) is 16.9 Å². The van der Waals surface area contributed by atoms with Crippen molar-refractivity contribution >= 4 is 5.97 Å². The molecule has 1 fully saturated rings. The van der Waals surface area contributed by atoms with Crippen LogP contribution >= 0.6 is 0 Å². The van der Waals surface area contributed by atoms with Crippen molar-refractivity contribution in [3.63, 3.8) is 0 Å². The maximum atomic E-state index is 13.9. The van der Waals surface area contributed by atoms with Gasteiger partial charge in [-0.2, -0.15) is 18.2 Å². The zero-order chi connectivity index (χ0) is 27.1. The van der Waals surface area contributed by atoms with Gasteiger partial charge in [0.2, 0.25) is 5.82 Å². The van der Waals surface area contributed by atoms with Gasteiger partial charge in [-0.15, -0.1) is 0 Å². The highest BCUT2D eigenvalue weighted by atomic mass is 19.4. The van der Waals surface area contributed by atoms with E-state index in [2.05, 4.69) is 25.2 Å². The average molecular weight is 528 g/mol. The molecular weight excluding hydrogens is 503 g/mol. The monoisotopic (exact) mass is 527 g/mol. The number of pyridine rings is 1. The van der Waals surface area contributed by atoms with Crippen LogP contribution in [0.2, 0.25) is 0 Å². The molecule has 1 aliphatic heterocycles. The lowest BCUT2D eigenvalue weighted by atomic mass is 9.98. The van der Waals surface area contributed by atoms with Crippen molar-refractivity contribution in [2.45, 2.75) is 39.1 Å². The molecule has 3 aromatic heterocycles. The number of aromatic nitrogens is 4. The van der Waals surface area contributed by atoms with E-state index < -0.39 is 34.7 Å². The predicted molar refractivity (Wildman–Crippen MR) is 128 cm³/mol. The average Bonchev–Trinajstić information content (AvgIpc) is 3.48. The van der Waals surface area contributed by atoms with E-state index in [9.17, 15) is 18.0 Å². The summed E-state index contributed by atoms with van der Waals surface area (Å²) in [4.78, 5) is 22.3. The third-order valence-electron chi connectivity index (χ3n) is 5.82. The van der Waals surface area contributed by atoms with Crippen LogP contribution < -0.4 is 0 Å². The standard InChI is InChI=1S/C26H24F3N5O4/c1-25(2,3)36-24(35)17-13-34(14-17)12-15-7-9-16(10-8-15)22-31-23(38-33-22)20-19(26(27,28)29)21(37-32-20)18-6-4-5-11-30-18/h4-11,17H,12-14H2,1-3H3. The van der Waals surface area contributed by atoms with Crippen LogP contribution in [0.4, 0.5) is 13.2 Å². The molecule has 12 heteroatoms. The minimum atomic E-state index is -4.79. The lowest BCUT2D eigenvalue weighted by Gasteiger charge is -2.38. The van der Waals surface area contributed by atoms with Crippen molar-refractivity contribution in [3.05, 3.63) is 59.8 Å². The molecule has 0 amide bonds. The van der Waals surface area contributed by atoms with Gasteiger partial charge < -0.3 is 13.8 Å². The summed E-state index contributed by atoms with van der Waals surface area (Å²) in [5.41, 5.74) is -0.719. The molecule has 198 valence electrons. The fourth-order valence-corrected chi connectivity index (χ4v) is 4.06. The van der Waals surface area contributed by atoms with E-state index in [0.29, 0.717) is 25.2 Å². The van der Waals surface area contributed by atoms with Crippen molar-refractivity contribution in [2.24, 2.45) is 5.92 Å². The molecule has 9 nitrogen and oxygen atoms in total. The first kappa shape index (κ1) is 25.6. The minimum absolute atomic E-state index is 0.0199. The topological polar surface area (TPSA) is 107 Å². The van der Waals surface area contributed by atoms with Crippen molar-refractivity contribution in [1.29, 1.82) is 0 Å². The van der Waals surface area contributed by atoms with Gasteiger partial charge in [0, 0.05) is 31.4 Å². The number of nitrogens with zero attached hydrogens (tertiary/aromatic N) is 5. The van der Waals surface area contributed by atoms with Crippen molar-refractivity contribution in [1.82, 2.24) is 25.2 Å². The highest BCUT2D eigenvalue weighted by Gasteiger charge is 2.43. The fourth-order valence-electron chi connectivity index (χ4n) is 4.06. The van der Waals surface area contributed by atoms with Gasteiger partial charge in [-0.25, -0.2) is 0 Å². The van der Waals surface area contributed by atoms with Gasteiger partial charge in [-0.05, 0) is 38.5 Å². The molecule has 38 heavy (non-hydrogen) atoms. The van der Waals surface area contributed by atoms with Crippen LogP contribution in [0.1, 0.15) is 31.9 Å². The van der Waals surface area contributed by atoms with Crippen molar-refractivity contribution in [3.8, 4) is 34.4 Å². The molecule has 0 atom stereocenters. The number of rotatable bonds is 6. The van der Waals surface area contributed by atoms with Gasteiger partial charge in [-0.3, -0.25) is 14.7 Å². The number of halogens is 3. The molecule has 5 rings (SSSR count). The van der Waals surface area contributed by atoms with Gasteiger partial charge in [0.05, 0.1) is 5.92 Å². The SMILES string of the molecule is CC(C)(C)OC(=O)C1CN(Cc2ccc(-c3noc(-c4noc(-c5ccccn5)c4C(F)(F)F)n3)cc2)C1. The Hall–Kier alpha value is -4.06. The second-order valence-electron chi connectivity index (χ2n) is 9.99. The molecule has 0 aliphatic carbocycles. The van der Waals surface area contributed by atoms with E-state index in [1.54, 1.807) is 24.3 Å². The number of alkyl halides is 3. The minimum Gasteiger partial charge on any atom is -0.460 e. The number of carbonyl (C=O) groups excluding carboxylic acids is 1. The first-order valence-electron chi connectivity index (χ1n) is 11.8. The molecule has 4 aromatic rings. The highest BCUT2D eigenvalue weighted by Crippen LogP contribution is 2.42. The normalized spacial score (nSPS) is 14.9. The molecule has 4 heterocycles. The number of benzene rings is 1. The molecule has 1 aliphatic rings. The predicted octanol–water partition coefficient (Wildman–Crippen LogP) is 5.25. The van der Waals surface area contributed by atoms with Crippen LogP contribution in [0, 0.1) is 5.92 Å². The maximum Gasteiger partial charge on any atom is 0.422 e. The summed E-state index contributed by atoms with van der Waals surface area (Å²) in [6.07, 6.45) is -3.44. The van der Waals surface area contributed by atoms with Crippen LogP contribution in [0.25, 0.3) is 34.4 Å². The summed E-state index contributed by atoms with van der Waals surface area (Å²) in [6, 6.07) is 11.7. The summed E-state index contributed by atoms with van der Waals surface area (Å²) in [7, 11) is 0. The summed E-state index contributed by atoms with van der Waals surface area (Å²) in [5, 5.41) is 7.40. The Labute approximate surface area is 215 Å². The molecular formula is C26H24F3N5O4. The van der Waals surface area contributed by atoms with E-state index >= 15 is 0 Å². The smallest absolute Gasteiger partial charge is 0.422 e. The van der Waals surface area contributed by atoms with Gasteiger partial charge in [0.15, 0.2) is 11.5 Å². The van der Waals surface area contributed by atoms with Gasteiger partial charge >= 0.3 is 12.1 Å². The molecule has 0 spiro atoms. The number of ether oxygens (including phenoxy) is 1. The van der Waals surface area contributed by atoms with E-state index in [1.165, 1.54) is 12.3 Å². The van der Waals surface area contributed by atoms with E-state index in [1.807, 2.05) is 32.9 Å². The van der Waals surface area contributed by atoms with Crippen LogP contribution in [0.3, 0.4) is 0 Å². The molecule has 0 N–H and O–H groups in total. The maximum absolute atomic E-state index is 13.9. The lowest BCUT2D eigenvalue weighted by Crippen LogP contribution is -2.51. The number of carbonyl (C=O) groups is 1. The first-order chi connectivity index (χ1) is 18.0. The van der Waals surface area contributed by atoms with Crippen LogP contribution in [0.5, 0.6) is 0 Å². The van der Waals surface area contributed by atoms with Crippen molar-refractivity contribution < 1.29 is 31.7 Å². The van der Waals surface area contributed by atoms with Crippen LogP contribution in [-0.2, 0) is 22.3 Å². The molecule has 1 aromatic carbocycles. The summed E-state index contributed by atoms with van der Waals surface area (Å²) in [5.74, 6) is -1.17. The third kappa shape index (κ3) is 5.44. The summed E-state index contributed by atoms with van der Waals surface area (Å²) >= 11 is 0.